The number of carbonyl (C=O) groups is 9. The van der Waals surface area contributed by atoms with E-state index in [2.05, 4.69) is 67.5 Å². The number of nitrogens with two attached hydrogens (primary N) is 8. The number of para-hydroxylation sites is 2. The fourth-order valence-electron chi connectivity index (χ4n) is 9.55. The Bertz CT molecular complexity index is 3100. The van der Waals surface area contributed by atoms with Gasteiger partial charge in [-0.25, -0.2) is 4.79 Å². The topological polar surface area (TPSA) is 567 Å². The molecule has 0 radical (unpaired) electrons. The molecule has 2 heterocycles. The molecule has 0 unspecified atom stereocenters. The largest absolute Gasteiger partial charge is 0.480 e. The molecule has 0 spiro atoms. The molecular weight excluding hydrogens is 1150 g/mol. The first kappa shape index (κ1) is 71.9. The molecule has 28 N–H and O–H groups in total. The van der Waals surface area contributed by atoms with Crippen LogP contribution in [0.25, 0.3) is 21.8 Å². The lowest BCUT2D eigenvalue weighted by molar-refractivity contribution is -0.142. The Kier molecular flexibility index (Phi) is 30.1. The van der Waals surface area contributed by atoms with Crippen molar-refractivity contribution in [2.45, 2.75) is 139 Å². The summed E-state index contributed by atoms with van der Waals surface area (Å²) in [7, 11) is 0. The Morgan fingerprint density at radius 1 is 0.483 bits per heavy atom. The Balaban J connectivity index is 1.65. The van der Waals surface area contributed by atoms with E-state index in [9.17, 15) is 53.4 Å². The fraction of sp³-hybridized carbons (Fsp3) is 0.509. The summed E-state index contributed by atoms with van der Waals surface area (Å²) in [5.74, 6) is -9.41. The van der Waals surface area contributed by atoms with Gasteiger partial charge in [0.15, 0.2) is 17.9 Å². The number of aliphatic imine (C=N–C) groups is 3. The summed E-state index contributed by atoms with van der Waals surface area (Å²) in [4.78, 5) is 144. The van der Waals surface area contributed by atoms with Crippen LogP contribution >= 0.6 is 0 Å². The quantitative estimate of drug-likeness (QED) is 0.0114. The predicted molar refractivity (Wildman–Crippen MR) is 335 cm³/mol. The molecule has 32 heteroatoms. The maximum absolute atomic E-state index is 14.8. The Hall–Kier alpha value is -9.56. The lowest BCUT2D eigenvalue weighted by Gasteiger charge is -2.28. The number of carboxylic acids is 1. The van der Waals surface area contributed by atoms with E-state index in [0.29, 0.717) is 41.3 Å². The Morgan fingerprint density at radius 3 is 1.24 bits per heavy atom. The average Bonchev–Trinajstić information content (AvgIpc) is 3.88. The summed E-state index contributed by atoms with van der Waals surface area (Å²) in [6.45, 7) is 2.35. The number of carboxylic acid groups (broad SMARTS) is 1. The van der Waals surface area contributed by atoms with E-state index in [4.69, 9.17) is 45.9 Å². The summed E-state index contributed by atoms with van der Waals surface area (Å²) in [6, 6.07) is 2.84. The van der Waals surface area contributed by atoms with Gasteiger partial charge in [0.1, 0.15) is 48.3 Å². The standard InChI is InChI=1S/C57H89N21O11/c1-3-31(2)46(78-45(80)27-59)53(87)74-38(17-8-9-21-58)48(82)75-42(25-32-28-69-36-15-6-4-13-34(32)36)51(85)72-41(20-12-24-68-57(64)65)50(84)77-44(30-79)52(86)73-39(18-10-22-66-55(60)61)47(81)71-40(19-11-23-67-56(62)63)49(83)76-43(54(88)89)26-33-29-70-37-16-7-5-14-35(33)37/h4-7,13-16,28-29,31,38-44,46,69-70,79H,3,8-12,17-27,30,58-59H2,1-2H3,(H,71,81)(H,72,85)(H,73,86)(H,74,87)(H,75,82)(H,76,83)(H,77,84)(H,78,80)(H,88,89)(H4,60,61,66)(H4,62,63,67)(H4,64,65,68)/t31-,38-,39-,40-,41-,42-,43-,44-,46-/m0/s1. The van der Waals surface area contributed by atoms with Crippen molar-refractivity contribution in [2.75, 3.05) is 39.3 Å². The van der Waals surface area contributed by atoms with E-state index in [-0.39, 0.29) is 108 Å². The van der Waals surface area contributed by atoms with Gasteiger partial charge in [-0.05, 0) is 93.5 Å². The normalized spacial score (nSPS) is 14.1. The van der Waals surface area contributed by atoms with Crippen LogP contribution in [0.4, 0.5) is 0 Å². The molecule has 0 aliphatic heterocycles. The van der Waals surface area contributed by atoms with Gasteiger partial charge in [0.05, 0.1) is 13.2 Å². The number of nitrogens with one attached hydrogen (secondary N) is 10. The van der Waals surface area contributed by atoms with Crippen LogP contribution in [0.15, 0.2) is 75.9 Å². The third kappa shape index (κ3) is 23.9. The zero-order valence-electron chi connectivity index (χ0n) is 50.2. The Labute approximate surface area is 514 Å². The number of fused-ring (bicyclic) bond motifs is 2. The van der Waals surface area contributed by atoms with Crippen LogP contribution in [0, 0.1) is 5.92 Å². The second kappa shape index (κ2) is 37.2. The van der Waals surface area contributed by atoms with Gasteiger partial charge in [0.25, 0.3) is 0 Å². The minimum absolute atomic E-state index is 0.0132. The van der Waals surface area contributed by atoms with E-state index in [1.54, 1.807) is 67.8 Å². The summed E-state index contributed by atoms with van der Waals surface area (Å²) in [5, 5.41) is 43.3. The van der Waals surface area contributed by atoms with Gasteiger partial charge in [-0.2, -0.15) is 0 Å². The second-order valence-electron chi connectivity index (χ2n) is 21.3. The van der Waals surface area contributed by atoms with Crippen molar-refractivity contribution >= 4 is 92.9 Å². The van der Waals surface area contributed by atoms with E-state index in [1.165, 1.54) is 0 Å². The highest BCUT2D eigenvalue weighted by atomic mass is 16.4. The molecular formula is C57H89N21O11. The first-order valence-corrected chi connectivity index (χ1v) is 29.4. The highest BCUT2D eigenvalue weighted by Gasteiger charge is 2.36. The van der Waals surface area contributed by atoms with Gasteiger partial charge in [-0.15, -0.1) is 0 Å². The number of H-pyrrole nitrogens is 2. The number of hydrogen-bond acceptors (Lipinski definition) is 15. The van der Waals surface area contributed by atoms with Crippen LogP contribution in [0.3, 0.4) is 0 Å². The molecule has 9 atom stereocenters. The summed E-state index contributed by atoms with van der Waals surface area (Å²) in [5.41, 5.74) is 47.3. The van der Waals surface area contributed by atoms with Crippen LogP contribution in [0.2, 0.25) is 0 Å². The molecule has 0 bridgehead atoms. The van der Waals surface area contributed by atoms with Gasteiger partial charge in [0, 0.05) is 66.7 Å². The molecule has 488 valence electrons. The zero-order chi connectivity index (χ0) is 65.6. The molecule has 2 aromatic heterocycles. The first-order chi connectivity index (χ1) is 42.5. The van der Waals surface area contributed by atoms with Gasteiger partial charge in [-0.1, -0.05) is 56.7 Å². The van der Waals surface area contributed by atoms with Gasteiger partial charge < -0.3 is 109 Å². The minimum Gasteiger partial charge on any atom is -0.480 e. The van der Waals surface area contributed by atoms with Crippen molar-refractivity contribution in [2.24, 2.45) is 66.8 Å². The molecule has 4 rings (SSSR count). The zero-order valence-corrected chi connectivity index (χ0v) is 50.2. The predicted octanol–water partition coefficient (Wildman–Crippen LogP) is -4.32. The first-order valence-electron chi connectivity index (χ1n) is 29.4. The van der Waals surface area contributed by atoms with Crippen molar-refractivity contribution < 1.29 is 53.4 Å². The lowest BCUT2D eigenvalue weighted by Crippen LogP contribution is -2.61. The highest BCUT2D eigenvalue weighted by Crippen LogP contribution is 2.22. The number of unbranched alkanes of at least 4 members (excludes halogenated alkanes) is 1. The van der Waals surface area contributed by atoms with E-state index >= 15 is 0 Å². The third-order valence-corrected chi connectivity index (χ3v) is 14.6. The number of nitrogens with zero attached hydrogens (tertiary/aromatic N) is 3. The molecule has 0 aliphatic rings. The number of carbonyl (C=O) groups excluding carboxylic acids is 8. The van der Waals surface area contributed by atoms with E-state index < -0.39 is 115 Å². The number of benzene rings is 2. The molecule has 2 aromatic carbocycles. The SMILES string of the molecule is CC[C@H](C)[C@H](NC(=O)CN)C(=O)N[C@@H](CCCCN)C(=O)N[C@@H](Cc1c[nH]c2ccccc12)C(=O)N[C@@H](CCCN=C(N)N)C(=O)N[C@@H](CO)C(=O)N[C@@H](CCCN=C(N)N)C(=O)N[C@@H](CCCN=C(N)N)C(=O)N[C@@H](Cc1c[nH]c2ccccc12)C(=O)O. The molecule has 0 fully saturated rings. The number of hydrogen-bond donors (Lipinski definition) is 20. The number of amides is 8. The smallest absolute Gasteiger partial charge is 0.326 e. The third-order valence-electron chi connectivity index (χ3n) is 14.6. The van der Waals surface area contributed by atoms with Crippen molar-refractivity contribution in [3.05, 3.63) is 72.1 Å². The van der Waals surface area contributed by atoms with Crippen LogP contribution in [0.1, 0.15) is 89.2 Å². The van der Waals surface area contributed by atoms with Crippen LogP contribution in [-0.4, -0.2) is 179 Å². The summed E-state index contributed by atoms with van der Waals surface area (Å²) in [6.07, 6.45) is 4.12. The van der Waals surface area contributed by atoms with Crippen LogP contribution < -0.4 is 88.4 Å². The van der Waals surface area contributed by atoms with Crippen molar-refractivity contribution in [3.63, 3.8) is 0 Å². The Morgan fingerprint density at radius 2 is 0.843 bits per heavy atom. The summed E-state index contributed by atoms with van der Waals surface area (Å²) < 4.78 is 0. The van der Waals surface area contributed by atoms with Crippen molar-refractivity contribution in [3.8, 4) is 0 Å². The number of aliphatic carboxylic acids is 1. The minimum atomic E-state index is -1.80. The fourth-order valence-corrected chi connectivity index (χ4v) is 9.55. The highest BCUT2D eigenvalue weighted by molar-refractivity contribution is 5.99. The van der Waals surface area contributed by atoms with E-state index in [0.717, 1.165) is 10.9 Å². The number of aromatic amines is 2. The number of aromatic nitrogens is 2. The molecule has 0 saturated heterocycles. The second-order valence-corrected chi connectivity index (χ2v) is 21.3. The molecule has 0 aliphatic carbocycles. The number of aliphatic hydroxyl groups excluding tert-OH is 1. The molecule has 8 amide bonds. The average molecular weight is 1240 g/mol. The molecule has 89 heavy (non-hydrogen) atoms. The molecule has 0 saturated carbocycles. The number of aliphatic hydroxyl groups is 1. The van der Waals surface area contributed by atoms with E-state index in [1.807, 2.05) is 6.92 Å². The monoisotopic (exact) mass is 1240 g/mol. The molecule has 32 nitrogen and oxygen atoms in total. The maximum atomic E-state index is 14.8. The van der Waals surface area contributed by atoms with Crippen LogP contribution in [0.5, 0.6) is 0 Å². The van der Waals surface area contributed by atoms with Gasteiger partial charge in [0.2, 0.25) is 47.3 Å². The van der Waals surface area contributed by atoms with Crippen LogP contribution in [-0.2, 0) is 56.0 Å². The number of guanidine groups is 3. The lowest BCUT2D eigenvalue weighted by atomic mass is 9.97. The maximum Gasteiger partial charge on any atom is 0.326 e. The summed E-state index contributed by atoms with van der Waals surface area (Å²) >= 11 is 0. The van der Waals surface area contributed by atoms with Gasteiger partial charge >= 0.3 is 5.97 Å². The number of rotatable bonds is 40. The van der Waals surface area contributed by atoms with Gasteiger partial charge in [-0.3, -0.25) is 53.3 Å². The molecule has 4 aromatic rings. The van der Waals surface area contributed by atoms with Crippen molar-refractivity contribution in [1.29, 1.82) is 0 Å². The van der Waals surface area contributed by atoms with Crippen molar-refractivity contribution in [1.82, 2.24) is 52.5 Å².